The molecule has 2 amide bonds. The maximum Gasteiger partial charge on any atom is 0.418 e. The van der Waals surface area contributed by atoms with Gasteiger partial charge in [-0.25, -0.2) is 0 Å². The first kappa shape index (κ1) is 18.2. The second-order valence-corrected chi connectivity index (χ2v) is 7.85. The SMILES string of the molecule is O=C1CCSC2(C(=O)Nc3ccc(Cl)cc32)N1c1ccccc1C(F)(F)F. The van der Waals surface area contributed by atoms with Gasteiger partial charge in [0.2, 0.25) is 10.8 Å². The number of amides is 2. The highest BCUT2D eigenvalue weighted by atomic mass is 35.5. The Morgan fingerprint density at radius 1 is 1.15 bits per heavy atom. The quantitative estimate of drug-likeness (QED) is 0.742. The number of halogens is 4. The number of hydrogen-bond donors (Lipinski definition) is 1. The molecule has 0 aromatic heterocycles. The predicted molar refractivity (Wildman–Crippen MR) is 97.8 cm³/mol. The molecule has 1 fully saturated rings. The second-order valence-electron chi connectivity index (χ2n) is 6.13. The van der Waals surface area contributed by atoms with Crippen molar-refractivity contribution in [2.75, 3.05) is 16.0 Å². The molecule has 27 heavy (non-hydrogen) atoms. The lowest BCUT2D eigenvalue weighted by Gasteiger charge is -2.43. The molecule has 2 aromatic rings. The van der Waals surface area contributed by atoms with E-state index in [0.29, 0.717) is 22.0 Å². The third-order valence-corrected chi connectivity index (χ3v) is 6.19. The standard InChI is InChI=1S/C18H12ClF3N2O2S/c19-10-5-6-13-12(9-10)17(16(26)23-13)24(15(25)7-8-27-17)14-4-2-1-3-11(14)18(20,21)22/h1-6,9H,7-8H2,(H,23,26). The van der Waals surface area contributed by atoms with Crippen molar-refractivity contribution in [2.45, 2.75) is 17.5 Å². The number of carbonyl (C=O) groups excluding carboxylic acids is 2. The summed E-state index contributed by atoms with van der Waals surface area (Å²) in [6.45, 7) is 0. The molecule has 9 heteroatoms. The Morgan fingerprint density at radius 3 is 2.63 bits per heavy atom. The summed E-state index contributed by atoms with van der Waals surface area (Å²) in [5.41, 5.74) is -0.496. The average Bonchev–Trinajstić information content (AvgIpc) is 2.87. The molecule has 1 saturated heterocycles. The maximum atomic E-state index is 13.6. The number of carbonyl (C=O) groups is 2. The van der Waals surface area contributed by atoms with Gasteiger partial charge >= 0.3 is 6.18 Å². The van der Waals surface area contributed by atoms with Gasteiger partial charge in [0.1, 0.15) is 0 Å². The minimum atomic E-state index is -4.67. The Balaban J connectivity index is 1.99. The van der Waals surface area contributed by atoms with Crippen molar-refractivity contribution < 1.29 is 22.8 Å². The van der Waals surface area contributed by atoms with E-state index < -0.39 is 28.4 Å². The molecule has 0 bridgehead atoms. The summed E-state index contributed by atoms with van der Waals surface area (Å²) in [5.74, 6) is -0.800. The molecular formula is C18H12ClF3N2O2S. The Labute approximate surface area is 161 Å². The molecule has 1 N–H and O–H groups in total. The van der Waals surface area contributed by atoms with E-state index in [2.05, 4.69) is 5.32 Å². The minimum absolute atomic E-state index is 0.0296. The number of hydrogen-bond acceptors (Lipinski definition) is 3. The number of alkyl halides is 3. The van der Waals surface area contributed by atoms with Crippen molar-refractivity contribution in [1.29, 1.82) is 0 Å². The number of nitrogens with one attached hydrogen (secondary N) is 1. The molecule has 2 aliphatic heterocycles. The molecule has 1 atom stereocenters. The predicted octanol–water partition coefficient (Wildman–Crippen LogP) is 4.63. The fraction of sp³-hybridized carbons (Fsp3) is 0.222. The van der Waals surface area contributed by atoms with E-state index in [1.165, 1.54) is 24.3 Å². The highest BCUT2D eigenvalue weighted by molar-refractivity contribution is 8.01. The van der Waals surface area contributed by atoms with E-state index in [0.717, 1.165) is 22.7 Å². The third-order valence-electron chi connectivity index (χ3n) is 4.54. The molecule has 4 nitrogen and oxygen atoms in total. The van der Waals surface area contributed by atoms with Crippen molar-refractivity contribution in [2.24, 2.45) is 0 Å². The van der Waals surface area contributed by atoms with Crippen LogP contribution >= 0.6 is 23.4 Å². The lowest BCUT2D eigenvalue weighted by molar-refractivity contribution is -0.137. The van der Waals surface area contributed by atoms with E-state index in [1.54, 1.807) is 12.1 Å². The summed E-state index contributed by atoms with van der Waals surface area (Å²) in [6.07, 6.45) is -4.64. The second kappa shape index (κ2) is 6.17. The molecule has 140 valence electrons. The van der Waals surface area contributed by atoms with Crippen LogP contribution in [-0.4, -0.2) is 17.6 Å². The highest BCUT2D eigenvalue weighted by Gasteiger charge is 2.57. The summed E-state index contributed by atoms with van der Waals surface area (Å²) in [4.78, 5) is 25.1. The third kappa shape index (κ3) is 2.70. The Morgan fingerprint density at radius 2 is 1.89 bits per heavy atom. The van der Waals surface area contributed by atoms with Gasteiger partial charge in [-0.05, 0) is 30.3 Å². The van der Waals surface area contributed by atoms with E-state index >= 15 is 0 Å². The van der Waals surface area contributed by atoms with Gasteiger partial charge in [0.25, 0.3) is 5.91 Å². The van der Waals surface area contributed by atoms with Crippen molar-refractivity contribution in [3.8, 4) is 0 Å². The number of fused-ring (bicyclic) bond motifs is 2. The molecule has 1 unspecified atom stereocenters. The Kier molecular flexibility index (Phi) is 4.16. The zero-order valence-electron chi connectivity index (χ0n) is 13.6. The van der Waals surface area contributed by atoms with Crippen LogP contribution in [-0.2, 0) is 20.6 Å². The number of rotatable bonds is 1. The number of para-hydroxylation sites is 1. The van der Waals surface area contributed by atoms with Crippen LogP contribution in [0.15, 0.2) is 42.5 Å². The van der Waals surface area contributed by atoms with Crippen LogP contribution in [0.5, 0.6) is 0 Å². The van der Waals surface area contributed by atoms with Crippen molar-refractivity contribution >= 4 is 46.6 Å². The van der Waals surface area contributed by atoms with E-state index in [1.807, 2.05) is 0 Å². The van der Waals surface area contributed by atoms with Gasteiger partial charge in [0.15, 0.2) is 0 Å². The molecule has 2 aromatic carbocycles. The number of nitrogens with zero attached hydrogens (tertiary/aromatic N) is 1. The van der Waals surface area contributed by atoms with E-state index in [4.69, 9.17) is 11.6 Å². The van der Waals surface area contributed by atoms with Crippen LogP contribution in [0.3, 0.4) is 0 Å². The van der Waals surface area contributed by atoms with Gasteiger partial charge in [-0.3, -0.25) is 14.5 Å². The normalized spacial score (nSPS) is 22.1. The minimum Gasteiger partial charge on any atom is -0.323 e. The summed E-state index contributed by atoms with van der Waals surface area (Å²) in [5, 5.41) is 3.00. The monoisotopic (exact) mass is 412 g/mol. The summed E-state index contributed by atoms with van der Waals surface area (Å²) in [6, 6.07) is 9.45. The molecule has 0 radical (unpaired) electrons. The van der Waals surface area contributed by atoms with E-state index in [-0.39, 0.29) is 12.1 Å². The average molecular weight is 413 g/mol. The fourth-order valence-electron chi connectivity index (χ4n) is 3.45. The van der Waals surface area contributed by atoms with Crippen LogP contribution in [0.1, 0.15) is 17.5 Å². The number of thioether (sulfide) groups is 1. The number of anilines is 2. The van der Waals surface area contributed by atoms with Gasteiger partial charge in [-0.1, -0.05) is 23.7 Å². The molecule has 2 aliphatic rings. The van der Waals surface area contributed by atoms with Crippen molar-refractivity contribution in [3.63, 3.8) is 0 Å². The van der Waals surface area contributed by atoms with Gasteiger partial charge in [-0.15, -0.1) is 11.8 Å². The maximum absolute atomic E-state index is 13.6. The first-order valence-corrected chi connectivity index (χ1v) is 9.36. The fourth-order valence-corrected chi connectivity index (χ4v) is 5.03. The number of benzene rings is 2. The lowest BCUT2D eigenvalue weighted by Crippen LogP contribution is -2.55. The van der Waals surface area contributed by atoms with Gasteiger partial charge in [-0.2, -0.15) is 13.2 Å². The van der Waals surface area contributed by atoms with Crippen LogP contribution < -0.4 is 10.2 Å². The highest BCUT2D eigenvalue weighted by Crippen LogP contribution is 2.54. The first-order chi connectivity index (χ1) is 12.7. The molecular weight excluding hydrogens is 401 g/mol. The zero-order valence-corrected chi connectivity index (χ0v) is 15.2. The topological polar surface area (TPSA) is 49.4 Å². The van der Waals surface area contributed by atoms with Crippen LogP contribution in [0.4, 0.5) is 24.5 Å². The molecule has 4 rings (SSSR count). The summed E-state index contributed by atoms with van der Waals surface area (Å²) >= 11 is 7.20. The lowest BCUT2D eigenvalue weighted by atomic mass is 10.0. The molecule has 0 aliphatic carbocycles. The van der Waals surface area contributed by atoms with Crippen molar-refractivity contribution in [1.82, 2.24) is 0 Å². The Hall–Kier alpha value is -2.19. The van der Waals surface area contributed by atoms with E-state index in [9.17, 15) is 22.8 Å². The van der Waals surface area contributed by atoms with Gasteiger partial charge in [0, 0.05) is 28.4 Å². The zero-order chi connectivity index (χ0) is 19.4. The first-order valence-electron chi connectivity index (χ1n) is 8.00. The summed E-state index contributed by atoms with van der Waals surface area (Å²) < 4.78 is 40.8. The summed E-state index contributed by atoms with van der Waals surface area (Å²) in [7, 11) is 0. The smallest absolute Gasteiger partial charge is 0.323 e. The van der Waals surface area contributed by atoms with Crippen LogP contribution in [0, 0.1) is 0 Å². The van der Waals surface area contributed by atoms with Crippen LogP contribution in [0.2, 0.25) is 5.02 Å². The molecule has 0 saturated carbocycles. The molecule has 2 heterocycles. The van der Waals surface area contributed by atoms with Crippen LogP contribution in [0.25, 0.3) is 0 Å². The largest absolute Gasteiger partial charge is 0.418 e. The van der Waals surface area contributed by atoms with Gasteiger partial charge < -0.3 is 5.32 Å². The van der Waals surface area contributed by atoms with Crippen molar-refractivity contribution in [3.05, 3.63) is 58.6 Å². The Bertz CT molecular complexity index is 966. The van der Waals surface area contributed by atoms with Gasteiger partial charge in [0.05, 0.1) is 11.3 Å². The molecule has 1 spiro atoms.